The fourth-order valence-corrected chi connectivity index (χ4v) is 5.71. The van der Waals surface area contributed by atoms with E-state index in [-0.39, 0.29) is 17.9 Å². The number of rotatable bonds is 10. The van der Waals surface area contributed by atoms with Crippen molar-refractivity contribution in [3.05, 3.63) is 59.7 Å². The number of carbonyl (C=O) groups is 2. The Labute approximate surface area is 206 Å². The molecule has 7 N–H and O–H groups in total. The van der Waals surface area contributed by atoms with Gasteiger partial charge in [0.15, 0.2) is 0 Å². The lowest BCUT2D eigenvalue weighted by atomic mass is 10.0. The molecular formula is C24H34N4O6S. The summed E-state index contributed by atoms with van der Waals surface area (Å²) in [5, 5.41) is 27.7. The van der Waals surface area contributed by atoms with Crippen LogP contribution in [0.3, 0.4) is 0 Å². The van der Waals surface area contributed by atoms with Gasteiger partial charge in [-0.15, -0.1) is 10.8 Å². The minimum Gasteiger partial charge on any atom is -0.465 e. The summed E-state index contributed by atoms with van der Waals surface area (Å²) in [6.07, 6.45) is -0.604. The number of nitrogens with zero attached hydrogens (tertiary/aromatic N) is 1. The third-order valence-corrected chi connectivity index (χ3v) is 7.71. The summed E-state index contributed by atoms with van der Waals surface area (Å²) in [6, 6.07) is 13.6. The van der Waals surface area contributed by atoms with Gasteiger partial charge >= 0.3 is 6.09 Å². The van der Waals surface area contributed by atoms with Gasteiger partial charge in [-0.2, -0.15) is 0 Å². The van der Waals surface area contributed by atoms with Crippen molar-refractivity contribution in [3.63, 3.8) is 0 Å². The molecule has 2 atom stereocenters. The van der Waals surface area contributed by atoms with E-state index in [1.54, 1.807) is 22.5 Å². The van der Waals surface area contributed by atoms with Crippen LogP contribution in [-0.2, 0) is 6.42 Å². The maximum Gasteiger partial charge on any atom is 0.404 e. The van der Waals surface area contributed by atoms with Gasteiger partial charge in [-0.1, -0.05) is 30.3 Å². The number of aliphatic hydroxyl groups is 1. The number of aliphatic hydroxyl groups excluding tert-OH is 1. The maximum atomic E-state index is 13.3. The molecule has 2 aromatic carbocycles. The van der Waals surface area contributed by atoms with E-state index in [4.69, 9.17) is 5.11 Å². The Morgan fingerprint density at radius 1 is 1.11 bits per heavy atom. The Morgan fingerprint density at radius 2 is 1.86 bits per heavy atom. The fraction of sp³-hybridized carbons (Fsp3) is 0.417. The largest absolute Gasteiger partial charge is 0.465 e. The highest BCUT2D eigenvalue weighted by molar-refractivity contribution is 8.25. The van der Waals surface area contributed by atoms with Crippen LogP contribution in [0, 0.1) is 0 Å². The predicted octanol–water partition coefficient (Wildman–Crippen LogP) is 3.35. The quantitative estimate of drug-likeness (QED) is 0.259. The molecule has 0 radical (unpaired) electrons. The number of anilines is 2. The zero-order chi connectivity index (χ0) is 25.4. The van der Waals surface area contributed by atoms with E-state index < -0.39 is 34.9 Å². The number of hydrogen-bond donors (Lipinski definition) is 7. The topological polar surface area (TPSA) is 154 Å². The maximum absolute atomic E-state index is 13.3. The molecule has 35 heavy (non-hydrogen) atoms. The van der Waals surface area contributed by atoms with Crippen molar-refractivity contribution in [2.75, 3.05) is 35.0 Å². The molecule has 1 saturated heterocycles. The average molecular weight is 507 g/mol. The van der Waals surface area contributed by atoms with E-state index in [1.165, 1.54) is 0 Å². The predicted molar refractivity (Wildman–Crippen MR) is 138 cm³/mol. The van der Waals surface area contributed by atoms with Crippen LogP contribution in [0.4, 0.5) is 16.2 Å². The molecule has 2 aromatic rings. The summed E-state index contributed by atoms with van der Waals surface area (Å²) in [6.45, 7) is 2.75. The Balaban J connectivity index is 1.87. The van der Waals surface area contributed by atoms with Gasteiger partial charge < -0.3 is 26.2 Å². The third kappa shape index (κ3) is 7.49. The van der Waals surface area contributed by atoms with Gasteiger partial charge in [0.2, 0.25) is 0 Å². The summed E-state index contributed by atoms with van der Waals surface area (Å²) < 4.78 is 22.7. The lowest BCUT2D eigenvalue weighted by Crippen LogP contribution is -2.49. The highest BCUT2D eigenvalue weighted by atomic mass is 32.3. The molecule has 0 aromatic heterocycles. The van der Waals surface area contributed by atoms with Crippen molar-refractivity contribution in [3.8, 4) is 0 Å². The fourth-order valence-electron chi connectivity index (χ4n) is 4.04. The molecule has 1 aliphatic heterocycles. The van der Waals surface area contributed by atoms with Gasteiger partial charge in [0.1, 0.15) is 0 Å². The molecule has 0 aliphatic carbocycles. The average Bonchev–Trinajstić information content (AvgIpc) is 2.82. The van der Waals surface area contributed by atoms with Crippen molar-refractivity contribution < 1.29 is 28.9 Å². The molecule has 10 nitrogen and oxygen atoms in total. The SMILES string of the molecule is CCNc1cc(C(=O)N[C@@H](Cc2ccccc2)[C@H](O)CNC(=O)O)cc(N2CCCCS2(O)O)c1. The molecule has 1 fully saturated rings. The van der Waals surface area contributed by atoms with E-state index in [0.29, 0.717) is 30.9 Å². The van der Waals surface area contributed by atoms with Crippen LogP contribution in [0.15, 0.2) is 48.5 Å². The summed E-state index contributed by atoms with van der Waals surface area (Å²) in [5.41, 5.74) is 2.34. The lowest BCUT2D eigenvalue weighted by Gasteiger charge is -2.47. The van der Waals surface area contributed by atoms with Crippen LogP contribution in [0.25, 0.3) is 0 Å². The molecule has 2 amide bonds. The first-order chi connectivity index (χ1) is 16.7. The summed E-state index contributed by atoms with van der Waals surface area (Å²) in [4.78, 5) is 24.2. The molecule has 0 bridgehead atoms. The van der Waals surface area contributed by atoms with E-state index in [0.717, 1.165) is 18.4 Å². The van der Waals surface area contributed by atoms with Gasteiger partial charge in [-0.25, -0.2) is 4.79 Å². The minimum absolute atomic E-state index is 0.246. The van der Waals surface area contributed by atoms with Gasteiger partial charge in [0.05, 0.1) is 23.6 Å². The first kappa shape index (κ1) is 26.6. The van der Waals surface area contributed by atoms with Crippen LogP contribution in [0.1, 0.15) is 35.7 Å². The molecule has 0 saturated carbocycles. The molecule has 0 unspecified atom stereocenters. The monoisotopic (exact) mass is 506 g/mol. The van der Waals surface area contributed by atoms with Crippen LogP contribution in [0.2, 0.25) is 0 Å². The molecule has 192 valence electrons. The van der Waals surface area contributed by atoms with E-state index in [1.807, 2.05) is 37.3 Å². The molecule has 11 heteroatoms. The second-order valence-electron chi connectivity index (χ2n) is 8.47. The highest BCUT2D eigenvalue weighted by Gasteiger charge is 2.28. The normalized spacial score (nSPS) is 17.7. The van der Waals surface area contributed by atoms with Crippen molar-refractivity contribution in [2.45, 2.75) is 38.3 Å². The number of nitrogens with one attached hydrogen (secondary N) is 3. The van der Waals surface area contributed by atoms with Crippen molar-refractivity contribution in [1.29, 1.82) is 0 Å². The number of benzene rings is 2. The molecule has 0 spiro atoms. The van der Waals surface area contributed by atoms with Crippen molar-refractivity contribution in [1.82, 2.24) is 10.6 Å². The van der Waals surface area contributed by atoms with Crippen molar-refractivity contribution >= 4 is 34.2 Å². The first-order valence-corrected chi connectivity index (χ1v) is 13.3. The van der Waals surface area contributed by atoms with E-state index >= 15 is 0 Å². The molecular weight excluding hydrogens is 472 g/mol. The second kappa shape index (κ2) is 12.1. The Kier molecular flexibility index (Phi) is 9.21. The first-order valence-electron chi connectivity index (χ1n) is 11.6. The van der Waals surface area contributed by atoms with Crippen LogP contribution in [0.5, 0.6) is 0 Å². The lowest BCUT2D eigenvalue weighted by molar-refractivity contribution is 0.0830. The number of carboxylic acid groups (broad SMARTS) is 1. The zero-order valence-electron chi connectivity index (χ0n) is 19.7. The molecule has 1 heterocycles. The van der Waals surface area contributed by atoms with Crippen molar-refractivity contribution in [2.24, 2.45) is 0 Å². The Morgan fingerprint density at radius 3 is 2.51 bits per heavy atom. The van der Waals surface area contributed by atoms with Crippen LogP contribution < -0.4 is 20.3 Å². The smallest absolute Gasteiger partial charge is 0.404 e. The third-order valence-electron chi connectivity index (χ3n) is 5.77. The number of hydrogen-bond acceptors (Lipinski definition) is 7. The summed E-state index contributed by atoms with van der Waals surface area (Å²) in [7, 11) is -2.97. The zero-order valence-corrected chi connectivity index (χ0v) is 20.5. The summed E-state index contributed by atoms with van der Waals surface area (Å²) >= 11 is 0. The van der Waals surface area contributed by atoms with Crippen LogP contribution in [-0.4, -0.2) is 68.9 Å². The number of amides is 2. The second-order valence-corrected chi connectivity index (χ2v) is 10.6. The molecule has 3 rings (SSSR count). The highest BCUT2D eigenvalue weighted by Crippen LogP contribution is 2.50. The summed E-state index contributed by atoms with van der Waals surface area (Å²) in [5.74, 6) is -0.184. The van der Waals surface area contributed by atoms with Gasteiger partial charge in [-0.3, -0.25) is 18.2 Å². The standard InChI is InChI=1S/C24H34N4O6S/c1-2-25-19-13-18(14-20(15-19)28-10-6-7-11-35(28,33)34)23(30)27-21(22(29)16-26-24(31)32)12-17-8-4-3-5-9-17/h3-5,8-9,13-15,21-22,25-26,29,33-34H,2,6-7,10-12,16H2,1H3,(H,27,30)(H,31,32)/t21-,22+/m0/s1. The Hall–Kier alpha value is -2.99. The van der Waals surface area contributed by atoms with E-state index in [9.17, 15) is 23.8 Å². The minimum atomic E-state index is -2.97. The van der Waals surface area contributed by atoms with Crippen LogP contribution >= 0.6 is 10.8 Å². The van der Waals surface area contributed by atoms with Gasteiger partial charge in [-0.05, 0) is 49.9 Å². The van der Waals surface area contributed by atoms with Gasteiger partial charge in [0.25, 0.3) is 5.91 Å². The van der Waals surface area contributed by atoms with E-state index in [2.05, 4.69) is 16.0 Å². The number of carbonyl (C=O) groups excluding carboxylic acids is 1. The molecule has 1 aliphatic rings. The Bertz CT molecular complexity index is 1010. The van der Waals surface area contributed by atoms with Gasteiger partial charge in [0, 0.05) is 30.9 Å².